The average Bonchev–Trinajstić information content (AvgIpc) is 3.01. The van der Waals surface area contributed by atoms with Crippen LogP contribution in [0.15, 0.2) is 24.7 Å². The quantitative estimate of drug-likeness (QED) is 0.940. The molecule has 2 aliphatic rings. The Labute approximate surface area is 131 Å². The highest BCUT2D eigenvalue weighted by Crippen LogP contribution is 2.29. The highest BCUT2D eigenvalue weighted by atomic mass is 35.5. The summed E-state index contributed by atoms with van der Waals surface area (Å²) >= 11 is 0. The standard InChI is InChI=1S/C15H21N5.ClH/c1-19(14-7-11-3-4-12(8-14)17-11)9-13-10-20-6-2-5-16-15(20)18-13;/h2,5-6,10-12,14,17H,3-4,7-9H2,1H3;1H. The minimum absolute atomic E-state index is 0. The third kappa shape index (κ3) is 2.91. The lowest BCUT2D eigenvalue weighted by Crippen LogP contribution is -2.46. The number of piperidine rings is 1. The normalized spacial score (nSPS) is 28.0. The molecule has 0 aromatic carbocycles. The molecule has 0 aliphatic carbocycles. The molecule has 0 saturated carbocycles. The molecule has 2 aromatic rings. The van der Waals surface area contributed by atoms with E-state index in [4.69, 9.17) is 0 Å². The molecule has 21 heavy (non-hydrogen) atoms. The number of fused-ring (bicyclic) bond motifs is 3. The first-order valence-corrected chi connectivity index (χ1v) is 7.53. The molecule has 114 valence electrons. The molecular weight excluding hydrogens is 286 g/mol. The first-order valence-electron chi connectivity index (χ1n) is 7.53. The van der Waals surface area contributed by atoms with Crippen LogP contribution in [0.25, 0.3) is 5.78 Å². The lowest BCUT2D eigenvalue weighted by Gasteiger charge is -2.35. The third-order valence-corrected chi connectivity index (χ3v) is 4.77. The number of halogens is 1. The van der Waals surface area contributed by atoms with Crippen LogP contribution < -0.4 is 5.32 Å². The number of rotatable bonds is 3. The summed E-state index contributed by atoms with van der Waals surface area (Å²) in [5.74, 6) is 0.793. The first-order chi connectivity index (χ1) is 9.78. The molecule has 6 heteroatoms. The van der Waals surface area contributed by atoms with Gasteiger partial charge in [-0.3, -0.25) is 9.30 Å². The largest absolute Gasteiger partial charge is 0.311 e. The van der Waals surface area contributed by atoms with Gasteiger partial charge in [-0.1, -0.05) is 0 Å². The SMILES string of the molecule is CN(Cc1cn2cccnc2n1)C1CC2CCC(C1)N2.Cl. The van der Waals surface area contributed by atoms with Crippen LogP contribution in [0.1, 0.15) is 31.4 Å². The van der Waals surface area contributed by atoms with E-state index in [0.29, 0.717) is 6.04 Å². The molecule has 2 saturated heterocycles. The third-order valence-electron chi connectivity index (χ3n) is 4.77. The molecule has 1 N–H and O–H groups in total. The molecule has 2 aliphatic heterocycles. The van der Waals surface area contributed by atoms with E-state index in [-0.39, 0.29) is 12.4 Å². The van der Waals surface area contributed by atoms with E-state index in [1.165, 1.54) is 25.7 Å². The number of hydrogen-bond donors (Lipinski definition) is 1. The predicted molar refractivity (Wildman–Crippen MR) is 84.7 cm³/mol. The van der Waals surface area contributed by atoms with Crippen LogP contribution in [0.5, 0.6) is 0 Å². The summed E-state index contributed by atoms with van der Waals surface area (Å²) in [6.45, 7) is 0.910. The van der Waals surface area contributed by atoms with Gasteiger partial charge in [0.25, 0.3) is 0 Å². The molecule has 2 fully saturated rings. The Morgan fingerprint density at radius 3 is 2.81 bits per heavy atom. The maximum atomic E-state index is 4.60. The molecular formula is C15H22ClN5. The van der Waals surface area contributed by atoms with Crippen molar-refractivity contribution in [3.63, 3.8) is 0 Å². The van der Waals surface area contributed by atoms with Crippen molar-refractivity contribution in [1.82, 2.24) is 24.6 Å². The van der Waals surface area contributed by atoms with Gasteiger partial charge in [-0.15, -0.1) is 12.4 Å². The van der Waals surface area contributed by atoms with E-state index >= 15 is 0 Å². The summed E-state index contributed by atoms with van der Waals surface area (Å²) in [5.41, 5.74) is 1.11. The fourth-order valence-corrected chi connectivity index (χ4v) is 3.73. The summed E-state index contributed by atoms with van der Waals surface area (Å²) < 4.78 is 2.00. The van der Waals surface area contributed by atoms with Gasteiger partial charge < -0.3 is 5.32 Å². The summed E-state index contributed by atoms with van der Waals surface area (Å²) in [6.07, 6.45) is 11.1. The molecule has 4 heterocycles. The second-order valence-corrected chi connectivity index (χ2v) is 6.24. The zero-order valence-corrected chi connectivity index (χ0v) is 13.1. The van der Waals surface area contributed by atoms with Crippen molar-refractivity contribution < 1.29 is 0 Å². The van der Waals surface area contributed by atoms with Crippen LogP contribution in [0.2, 0.25) is 0 Å². The van der Waals surface area contributed by atoms with Gasteiger partial charge in [-0.05, 0) is 38.8 Å². The number of nitrogens with one attached hydrogen (secondary N) is 1. The van der Waals surface area contributed by atoms with Crippen LogP contribution in [-0.4, -0.2) is 44.4 Å². The summed E-state index contributed by atoms with van der Waals surface area (Å²) in [5, 5.41) is 3.70. The molecule has 4 rings (SSSR count). The van der Waals surface area contributed by atoms with Crippen LogP contribution in [-0.2, 0) is 6.54 Å². The average molecular weight is 308 g/mol. The summed E-state index contributed by atoms with van der Waals surface area (Å²) in [4.78, 5) is 11.3. The minimum Gasteiger partial charge on any atom is -0.311 e. The Balaban J connectivity index is 0.00000132. The van der Waals surface area contributed by atoms with E-state index in [0.717, 1.165) is 30.1 Å². The van der Waals surface area contributed by atoms with Gasteiger partial charge in [0.15, 0.2) is 0 Å². The Hall–Kier alpha value is -1.17. The molecule has 2 bridgehead atoms. The Morgan fingerprint density at radius 1 is 1.33 bits per heavy atom. The molecule has 2 atom stereocenters. The van der Waals surface area contributed by atoms with Crippen LogP contribution in [0.3, 0.4) is 0 Å². The number of aromatic nitrogens is 3. The monoisotopic (exact) mass is 307 g/mol. The highest BCUT2D eigenvalue weighted by Gasteiger charge is 2.35. The fraction of sp³-hybridized carbons (Fsp3) is 0.600. The second kappa shape index (κ2) is 5.91. The van der Waals surface area contributed by atoms with Crippen molar-refractivity contribution in [1.29, 1.82) is 0 Å². The molecule has 2 aromatic heterocycles. The molecule has 2 unspecified atom stereocenters. The fourth-order valence-electron chi connectivity index (χ4n) is 3.73. The molecule has 5 nitrogen and oxygen atoms in total. The van der Waals surface area contributed by atoms with Crippen LogP contribution in [0.4, 0.5) is 0 Å². The van der Waals surface area contributed by atoms with Crippen molar-refractivity contribution in [3.8, 4) is 0 Å². The zero-order chi connectivity index (χ0) is 13.5. The lowest BCUT2D eigenvalue weighted by atomic mass is 9.98. The maximum Gasteiger partial charge on any atom is 0.233 e. The van der Waals surface area contributed by atoms with Gasteiger partial charge in [-0.25, -0.2) is 9.97 Å². The zero-order valence-electron chi connectivity index (χ0n) is 12.3. The molecule has 0 amide bonds. The highest BCUT2D eigenvalue weighted by molar-refractivity contribution is 5.85. The minimum atomic E-state index is 0. The summed E-state index contributed by atoms with van der Waals surface area (Å²) in [6, 6.07) is 4.10. The van der Waals surface area contributed by atoms with Gasteiger partial charge in [0.1, 0.15) is 0 Å². The Kier molecular flexibility index (Phi) is 4.15. The number of nitrogens with zero attached hydrogens (tertiary/aromatic N) is 4. The van der Waals surface area contributed by atoms with E-state index in [1.807, 2.05) is 16.7 Å². The maximum absolute atomic E-state index is 4.60. The van der Waals surface area contributed by atoms with Crippen molar-refractivity contribution in [2.24, 2.45) is 0 Å². The number of hydrogen-bond acceptors (Lipinski definition) is 4. The number of imidazole rings is 1. The van der Waals surface area contributed by atoms with Crippen molar-refractivity contribution in [2.75, 3.05) is 7.05 Å². The summed E-state index contributed by atoms with van der Waals surface area (Å²) in [7, 11) is 2.23. The van der Waals surface area contributed by atoms with Crippen molar-refractivity contribution >= 4 is 18.2 Å². The van der Waals surface area contributed by atoms with Gasteiger partial charge in [0.2, 0.25) is 5.78 Å². The van der Waals surface area contributed by atoms with E-state index in [2.05, 4.69) is 33.4 Å². The first kappa shape index (κ1) is 14.8. The molecule has 0 radical (unpaired) electrons. The van der Waals surface area contributed by atoms with Gasteiger partial charge in [0.05, 0.1) is 5.69 Å². The smallest absolute Gasteiger partial charge is 0.233 e. The van der Waals surface area contributed by atoms with Crippen LogP contribution >= 0.6 is 12.4 Å². The Morgan fingerprint density at radius 2 is 2.10 bits per heavy atom. The van der Waals surface area contributed by atoms with E-state index in [1.54, 1.807) is 6.20 Å². The lowest BCUT2D eigenvalue weighted by molar-refractivity contribution is 0.164. The topological polar surface area (TPSA) is 45.5 Å². The molecule has 0 spiro atoms. The van der Waals surface area contributed by atoms with Crippen molar-refractivity contribution in [2.45, 2.75) is 50.4 Å². The van der Waals surface area contributed by atoms with E-state index in [9.17, 15) is 0 Å². The van der Waals surface area contributed by atoms with Crippen molar-refractivity contribution in [3.05, 3.63) is 30.4 Å². The Bertz CT molecular complexity index is 568. The second-order valence-electron chi connectivity index (χ2n) is 6.24. The van der Waals surface area contributed by atoms with Crippen LogP contribution in [0, 0.1) is 0 Å². The van der Waals surface area contributed by atoms with E-state index < -0.39 is 0 Å². The van der Waals surface area contributed by atoms with Gasteiger partial charge >= 0.3 is 0 Å². The van der Waals surface area contributed by atoms with Gasteiger partial charge in [-0.2, -0.15) is 0 Å². The van der Waals surface area contributed by atoms with Gasteiger partial charge in [0, 0.05) is 43.3 Å². The predicted octanol–water partition coefficient (Wildman–Crippen LogP) is 1.87.